The fraction of sp³-hybridized carbons (Fsp3) is 0.722. The van der Waals surface area contributed by atoms with Gasteiger partial charge < -0.3 is 10.0 Å². The smallest absolute Gasteiger partial charge is 0.282 e. The van der Waals surface area contributed by atoms with E-state index in [-0.39, 0.29) is 17.2 Å². The zero-order valence-corrected chi connectivity index (χ0v) is 13.8. The van der Waals surface area contributed by atoms with Gasteiger partial charge in [-0.05, 0) is 62.0 Å². The predicted molar refractivity (Wildman–Crippen MR) is 84.2 cm³/mol. The summed E-state index contributed by atoms with van der Waals surface area (Å²) < 4.78 is 25.8. The van der Waals surface area contributed by atoms with Crippen molar-refractivity contribution < 1.29 is 18.7 Å². The summed E-state index contributed by atoms with van der Waals surface area (Å²) in [5.41, 5.74) is 1.03. The summed E-state index contributed by atoms with van der Waals surface area (Å²) in [5, 5.41) is 9.74. The summed E-state index contributed by atoms with van der Waals surface area (Å²) >= 11 is 0. The van der Waals surface area contributed by atoms with Gasteiger partial charge in [0.15, 0.2) is 0 Å². The largest absolute Gasteiger partial charge is 0.508 e. The number of alkyl halides is 2. The highest BCUT2D eigenvalue weighted by Crippen LogP contribution is 2.47. The molecule has 0 aromatic rings. The summed E-state index contributed by atoms with van der Waals surface area (Å²) in [7, 11) is 0. The molecule has 1 N–H and O–H groups in total. The molecule has 1 atom stereocenters. The Hall–Kier alpha value is -1.39. The van der Waals surface area contributed by atoms with Gasteiger partial charge in [-0.1, -0.05) is 13.0 Å². The van der Waals surface area contributed by atoms with Crippen molar-refractivity contribution >= 4 is 5.91 Å². The summed E-state index contributed by atoms with van der Waals surface area (Å²) in [6.07, 6.45) is 8.17. The number of allylic oxidation sites excluding steroid dienone is 3. The van der Waals surface area contributed by atoms with E-state index in [1.165, 1.54) is 4.90 Å². The van der Waals surface area contributed by atoms with E-state index in [0.29, 0.717) is 11.7 Å². The highest BCUT2D eigenvalue weighted by Gasteiger charge is 2.48. The summed E-state index contributed by atoms with van der Waals surface area (Å²) in [4.78, 5) is 13.6. The van der Waals surface area contributed by atoms with E-state index in [2.05, 4.69) is 13.0 Å². The lowest BCUT2D eigenvalue weighted by Gasteiger charge is -2.44. The Balaban J connectivity index is 1.55. The topological polar surface area (TPSA) is 40.5 Å². The lowest BCUT2D eigenvalue weighted by atomic mass is 9.64. The first kappa shape index (κ1) is 16.5. The first-order chi connectivity index (χ1) is 10.7. The van der Waals surface area contributed by atoms with Gasteiger partial charge in [-0.25, -0.2) is 8.78 Å². The van der Waals surface area contributed by atoms with Crippen LogP contribution < -0.4 is 0 Å². The monoisotopic (exact) mass is 325 g/mol. The molecular weight excluding hydrogens is 300 g/mol. The van der Waals surface area contributed by atoms with Gasteiger partial charge in [0, 0.05) is 5.92 Å². The van der Waals surface area contributed by atoms with Gasteiger partial charge in [0.05, 0.1) is 13.1 Å². The molecule has 1 aliphatic heterocycles. The van der Waals surface area contributed by atoms with E-state index >= 15 is 0 Å². The summed E-state index contributed by atoms with van der Waals surface area (Å²) in [6.45, 7) is 3.35. The van der Waals surface area contributed by atoms with Crippen molar-refractivity contribution in [1.82, 2.24) is 4.90 Å². The van der Waals surface area contributed by atoms with Gasteiger partial charge in [-0.2, -0.15) is 0 Å². The molecule has 1 saturated heterocycles. The molecule has 3 rings (SSSR count). The standard InChI is InChI=1S/C18H25F2NO2/c1-12-9-17(2,8-7-15(12)22)14-5-3-13(4-6-14)16(23)21-10-18(19,20)11-21/h7-8,13-14,22H,3-6,9-11H2,1-2H3. The highest BCUT2D eigenvalue weighted by molar-refractivity contribution is 5.80. The average molecular weight is 325 g/mol. The molecule has 1 heterocycles. The third-order valence-corrected chi connectivity index (χ3v) is 5.87. The van der Waals surface area contributed by atoms with Crippen LogP contribution in [0.4, 0.5) is 8.78 Å². The van der Waals surface area contributed by atoms with Crippen LogP contribution in [0.2, 0.25) is 0 Å². The SMILES string of the molecule is CC1=C(O)C=CC(C)(C2CCC(C(=O)N3CC(F)(F)C3)CC2)C1. The van der Waals surface area contributed by atoms with E-state index in [1.54, 1.807) is 6.08 Å². The molecule has 5 heteroatoms. The second kappa shape index (κ2) is 5.60. The second-order valence-corrected chi connectivity index (χ2v) is 7.78. The third-order valence-electron chi connectivity index (χ3n) is 5.87. The zero-order chi connectivity index (χ0) is 16.8. The number of carbonyl (C=O) groups is 1. The molecule has 2 fully saturated rings. The van der Waals surface area contributed by atoms with Crippen molar-refractivity contribution in [2.75, 3.05) is 13.1 Å². The Morgan fingerprint density at radius 1 is 1.26 bits per heavy atom. The van der Waals surface area contributed by atoms with E-state index in [4.69, 9.17) is 0 Å². The first-order valence-electron chi connectivity index (χ1n) is 8.45. The quantitative estimate of drug-likeness (QED) is 0.831. The maximum absolute atomic E-state index is 12.9. The highest BCUT2D eigenvalue weighted by atomic mass is 19.3. The van der Waals surface area contributed by atoms with Gasteiger partial charge in [-0.15, -0.1) is 0 Å². The van der Waals surface area contributed by atoms with Gasteiger partial charge in [0.25, 0.3) is 5.92 Å². The van der Waals surface area contributed by atoms with Crippen molar-refractivity contribution in [3.8, 4) is 0 Å². The molecule has 0 aromatic carbocycles. The van der Waals surface area contributed by atoms with E-state index in [0.717, 1.165) is 37.7 Å². The molecule has 0 bridgehead atoms. The molecule has 1 unspecified atom stereocenters. The summed E-state index contributed by atoms with van der Waals surface area (Å²) in [5.74, 6) is -2.02. The van der Waals surface area contributed by atoms with Crippen molar-refractivity contribution in [3.05, 3.63) is 23.5 Å². The van der Waals surface area contributed by atoms with Gasteiger partial charge in [0.2, 0.25) is 5.91 Å². The molecule has 128 valence electrons. The molecule has 3 aliphatic rings. The van der Waals surface area contributed by atoms with Crippen LogP contribution >= 0.6 is 0 Å². The number of nitrogens with zero attached hydrogens (tertiary/aromatic N) is 1. The van der Waals surface area contributed by atoms with E-state index in [9.17, 15) is 18.7 Å². The molecule has 0 spiro atoms. The normalized spacial score (nSPS) is 36.8. The van der Waals surface area contributed by atoms with Gasteiger partial charge in [0.1, 0.15) is 5.76 Å². The van der Waals surface area contributed by atoms with E-state index in [1.807, 2.05) is 6.92 Å². The minimum atomic E-state index is -2.68. The lowest BCUT2D eigenvalue weighted by molar-refractivity contribution is -0.170. The van der Waals surface area contributed by atoms with Crippen molar-refractivity contribution in [3.63, 3.8) is 0 Å². The Morgan fingerprint density at radius 3 is 2.39 bits per heavy atom. The molecule has 3 nitrogen and oxygen atoms in total. The van der Waals surface area contributed by atoms with Crippen LogP contribution in [0.25, 0.3) is 0 Å². The fourth-order valence-corrected chi connectivity index (χ4v) is 4.34. The number of hydrogen-bond acceptors (Lipinski definition) is 2. The minimum Gasteiger partial charge on any atom is -0.508 e. The van der Waals surface area contributed by atoms with Crippen LogP contribution in [-0.4, -0.2) is 34.9 Å². The molecule has 23 heavy (non-hydrogen) atoms. The van der Waals surface area contributed by atoms with Crippen LogP contribution in [0.1, 0.15) is 46.0 Å². The number of likely N-dealkylation sites (tertiary alicyclic amines) is 1. The maximum atomic E-state index is 12.9. The van der Waals surface area contributed by atoms with Gasteiger partial charge in [-0.3, -0.25) is 4.79 Å². The lowest BCUT2D eigenvalue weighted by Crippen LogP contribution is -2.60. The maximum Gasteiger partial charge on any atom is 0.282 e. The number of aliphatic hydroxyl groups excluding tert-OH is 1. The second-order valence-electron chi connectivity index (χ2n) is 7.78. The predicted octanol–water partition coefficient (Wildman–Crippen LogP) is 4.07. The number of aliphatic hydroxyl groups is 1. The van der Waals surface area contributed by atoms with Crippen LogP contribution in [-0.2, 0) is 4.79 Å². The van der Waals surface area contributed by atoms with Crippen molar-refractivity contribution in [2.24, 2.45) is 17.3 Å². The number of rotatable bonds is 2. The zero-order valence-electron chi connectivity index (χ0n) is 13.8. The summed E-state index contributed by atoms with van der Waals surface area (Å²) in [6, 6.07) is 0. The van der Waals surface area contributed by atoms with E-state index < -0.39 is 19.0 Å². The molecular formula is C18H25F2NO2. The van der Waals surface area contributed by atoms with Crippen molar-refractivity contribution in [1.29, 1.82) is 0 Å². The molecule has 1 amide bonds. The van der Waals surface area contributed by atoms with Gasteiger partial charge >= 0.3 is 0 Å². The Bertz CT molecular complexity index is 553. The van der Waals surface area contributed by atoms with Crippen molar-refractivity contribution in [2.45, 2.75) is 51.9 Å². The number of halogens is 2. The first-order valence-corrected chi connectivity index (χ1v) is 8.45. The van der Waals surface area contributed by atoms with Crippen LogP contribution in [0.3, 0.4) is 0 Å². The molecule has 0 aromatic heterocycles. The Kier molecular flexibility index (Phi) is 4.01. The van der Waals surface area contributed by atoms with Crippen LogP contribution in [0.15, 0.2) is 23.5 Å². The van der Waals surface area contributed by atoms with Crippen LogP contribution in [0.5, 0.6) is 0 Å². The Labute approximate surface area is 136 Å². The molecule has 1 saturated carbocycles. The average Bonchev–Trinajstić information content (AvgIpc) is 2.48. The minimum absolute atomic E-state index is 0.0219. The fourth-order valence-electron chi connectivity index (χ4n) is 4.34. The van der Waals surface area contributed by atoms with Crippen LogP contribution in [0, 0.1) is 17.3 Å². The number of amides is 1. The Morgan fingerprint density at radius 2 is 1.87 bits per heavy atom. The molecule has 2 aliphatic carbocycles. The molecule has 0 radical (unpaired) electrons. The number of hydrogen-bond donors (Lipinski definition) is 1. The number of carbonyl (C=O) groups excluding carboxylic acids is 1. The third kappa shape index (κ3) is 3.15.